The highest BCUT2D eigenvalue weighted by atomic mass is 32.2. The second kappa shape index (κ2) is 6.29. The van der Waals surface area contributed by atoms with Crippen molar-refractivity contribution in [2.75, 3.05) is 7.11 Å². The van der Waals surface area contributed by atoms with E-state index < -0.39 is 4.92 Å². The minimum atomic E-state index is -0.448. The number of nitrogens with zero attached hydrogens (tertiary/aromatic N) is 1. The molecule has 0 amide bonds. The van der Waals surface area contributed by atoms with Gasteiger partial charge in [-0.05, 0) is 23.8 Å². The number of aromatic hydroxyl groups is 1. The molecule has 0 heterocycles. The number of rotatable bonds is 5. The number of methoxy groups -OCH3 is 1. The fourth-order valence-electron chi connectivity index (χ4n) is 1.69. The highest BCUT2D eigenvalue weighted by Gasteiger charge is 2.11. The molecule has 6 heteroatoms. The predicted octanol–water partition coefficient (Wildman–Crippen LogP) is 3.60. The molecule has 0 aliphatic heterocycles. The minimum absolute atomic E-state index is 0.00256. The van der Waals surface area contributed by atoms with Crippen LogP contribution in [-0.2, 0) is 5.75 Å². The molecule has 0 atom stereocenters. The first-order valence-corrected chi connectivity index (χ1v) is 6.82. The Labute approximate surface area is 120 Å². The number of benzene rings is 2. The van der Waals surface area contributed by atoms with E-state index in [4.69, 9.17) is 4.74 Å². The van der Waals surface area contributed by atoms with E-state index in [0.29, 0.717) is 11.5 Å². The molecule has 2 aromatic carbocycles. The Bertz CT molecular complexity index is 630. The SMILES string of the molecule is COc1cc(CSc2ccccc2O)cc([N+](=O)[O-])c1. The topological polar surface area (TPSA) is 72.6 Å². The standard InChI is InChI=1S/C14H13NO4S/c1-19-12-7-10(6-11(8-12)15(17)18)9-20-14-5-3-2-4-13(14)16/h2-8,16H,9H2,1H3. The summed E-state index contributed by atoms with van der Waals surface area (Å²) in [5, 5.41) is 20.5. The van der Waals surface area contributed by atoms with E-state index in [-0.39, 0.29) is 11.4 Å². The van der Waals surface area contributed by atoms with Gasteiger partial charge in [-0.2, -0.15) is 0 Å². The summed E-state index contributed by atoms with van der Waals surface area (Å²) in [4.78, 5) is 11.1. The van der Waals surface area contributed by atoms with Crippen molar-refractivity contribution in [3.63, 3.8) is 0 Å². The number of ether oxygens (including phenoxy) is 1. The van der Waals surface area contributed by atoms with Crippen molar-refractivity contribution in [1.29, 1.82) is 0 Å². The highest BCUT2D eigenvalue weighted by molar-refractivity contribution is 7.98. The van der Waals surface area contributed by atoms with Crippen LogP contribution in [0, 0.1) is 10.1 Å². The van der Waals surface area contributed by atoms with Crippen LogP contribution in [0.2, 0.25) is 0 Å². The molecule has 0 unspecified atom stereocenters. The predicted molar refractivity (Wildman–Crippen MR) is 77.3 cm³/mol. The van der Waals surface area contributed by atoms with Gasteiger partial charge in [0.15, 0.2) is 0 Å². The molecule has 1 N–H and O–H groups in total. The van der Waals surface area contributed by atoms with Gasteiger partial charge in [0, 0.05) is 16.7 Å². The fourth-order valence-corrected chi connectivity index (χ4v) is 2.57. The molecule has 2 aromatic rings. The first-order chi connectivity index (χ1) is 9.60. The molecule has 104 valence electrons. The van der Waals surface area contributed by atoms with Crippen molar-refractivity contribution in [1.82, 2.24) is 0 Å². The van der Waals surface area contributed by atoms with E-state index in [2.05, 4.69) is 0 Å². The van der Waals surface area contributed by atoms with Crippen LogP contribution in [0.5, 0.6) is 11.5 Å². The molecular formula is C14H13NO4S. The van der Waals surface area contributed by atoms with Crippen molar-refractivity contribution in [3.8, 4) is 11.5 Å². The van der Waals surface area contributed by atoms with Gasteiger partial charge in [-0.3, -0.25) is 10.1 Å². The molecular weight excluding hydrogens is 278 g/mol. The lowest BCUT2D eigenvalue weighted by Crippen LogP contribution is -1.93. The Morgan fingerprint density at radius 1 is 1.30 bits per heavy atom. The molecule has 0 aliphatic rings. The van der Waals surface area contributed by atoms with Gasteiger partial charge in [0.25, 0.3) is 5.69 Å². The average molecular weight is 291 g/mol. The van der Waals surface area contributed by atoms with Gasteiger partial charge in [0.2, 0.25) is 0 Å². The zero-order valence-electron chi connectivity index (χ0n) is 10.8. The summed E-state index contributed by atoms with van der Waals surface area (Å²) in [6, 6.07) is 11.6. The Kier molecular flexibility index (Phi) is 4.47. The molecule has 0 fully saturated rings. The summed E-state index contributed by atoms with van der Waals surface area (Å²) in [5.41, 5.74) is 0.765. The van der Waals surface area contributed by atoms with E-state index in [9.17, 15) is 15.2 Å². The molecule has 2 rings (SSSR count). The third-order valence-corrected chi connectivity index (χ3v) is 3.79. The smallest absolute Gasteiger partial charge is 0.273 e. The lowest BCUT2D eigenvalue weighted by molar-refractivity contribution is -0.385. The van der Waals surface area contributed by atoms with E-state index in [1.54, 1.807) is 24.3 Å². The van der Waals surface area contributed by atoms with Gasteiger partial charge in [-0.15, -0.1) is 11.8 Å². The summed E-state index contributed by atoms with van der Waals surface area (Å²) in [7, 11) is 1.47. The monoisotopic (exact) mass is 291 g/mol. The number of para-hydroxylation sites is 1. The van der Waals surface area contributed by atoms with Gasteiger partial charge in [0.1, 0.15) is 11.5 Å². The van der Waals surface area contributed by atoms with Crippen LogP contribution in [0.3, 0.4) is 0 Å². The van der Waals surface area contributed by atoms with E-state index in [1.165, 1.54) is 31.0 Å². The Hall–Kier alpha value is -2.21. The highest BCUT2D eigenvalue weighted by Crippen LogP contribution is 2.32. The molecule has 0 bridgehead atoms. The zero-order chi connectivity index (χ0) is 14.5. The molecule has 5 nitrogen and oxygen atoms in total. The lowest BCUT2D eigenvalue weighted by atomic mass is 10.2. The molecule has 0 aromatic heterocycles. The van der Waals surface area contributed by atoms with Gasteiger partial charge in [0.05, 0.1) is 18.1 Å². The lowest BCUT2D eigenvalue weighted by Gasteiger charge is -2.06. The largest absolute Gasteiger partial charge is 0.507 e. The van der Waals surface area contributed by atoms with Crippen LogP contribution in [0.4, 0.5) is 5.69 Å². The normalized spacial score (nSPS) is 10.2. The van der Waals surface area contributed by atoms with Gasteiger partial charge < -0.3 is 9.84 Å². The molecule has 0 radical (unpaired) electrons. The van der Waals surface area contributed by atoms with Gasteiger partial charge in [-0.25, -0.2) is 0 Å². The van der Waals surface area contributed by atoms with Crippen molar-refractivity contribution in [2.45, 2.75) is 10.6 Å². The third kappa shape index (κ3) is 3.42. The Balaban J connectivity index is 2.19. The van der Waals surface area contributed by atoms with Crippen LogP contribution in [0.1, 0.15) is 5.56 Å². The summed E-state index contributed by atoms with van der Waals surface area (Å²) in [5.74, 6) is 1.16. The Morgan fingerprint density at radius 2 is 2.05 bits per heavy atom. The number of thioether (sulfide) groups is 1. The molecule has 20 heavy (non-hydrogen) atoms. The molecule has 0 saturated heterocycles. The van der Waals surface area contributed by atoms with Crippen LogP contribution >= 0.6 is 11.8 Å². The summed E-state index contributed by atoms with van der Waals surface area (Å²) in [6.45, 7) is 0. The molecule has 0 spiro atoms. The second-order valence-electron chi connectivity index (χ2n) is 4.05. The van der Waals surface area contributed by atoms with Crippen LogP contribution in [0.25, 0.3) is 0 Å². The maximum Gasteiger partial charge on any atom is 0.273 e. The van der Waals surface area contributed by atoms with Crippen LogP contribution in [0.15, 0.2) is 47.4 Å². The van der Waals surface area contributed by atoms with Crippen LogP contribution < -0.4 is 4.74 Å². The number of phenols is 1. The molecule has 0 saturated carbocycles. The number of hydrogen-bond acceptors (Lipinski definition) is 5. The number of nitro groups is 1. The van der Waals surface area contributed by atoms with E-state index in [1.807, 2.05) is 6.07 Å². The third-order valence-electron chi connectivity index (χ3n) is 2.66. The number of phenolic OH excluding ortho intramolecular Hbond substituents is 1. The van der Waals surface area contributed by atoms with Gasteiger partial charge >= 0.3 is 0 Å². The summed E-state index contributed by atoms with van der Waals surface area (Å²) in [6.07, 6.45) is 0. The van der Waals surface area contributed by atoms with Crippen molar-refractivity contribution < 1.29 is 14.8 Å². The minimum Gasteiger partial charge on any atom is -0.507 e. The summed E-state index contributed by atoms with van der Waals surface area (Å²) < 4.78 is 5.06. The maximum absolute atomic E-state index is 10.9. The number of non-ortho nitro benzene ring substituents is 1. The number of nitro benzene ring substituents is 1. The first kappa shape index (κ1) is 14.2. The Morgan fingerprint density at radius 3 is 2.70 bits per heavy atom. The summed E-state index contributed by atoms with van der Waals surface area (Å²) >= 11 is 1.41. The molecule has 0 aliphatic carbocycles. The first-order valence-electron chi connectivity index (χ1n) is 5.83. The second-order valence-corrected chi connectivity index (χ2v) is 5.07. The van der Waals surface area contributed by atoms with Gasteiger partial charge in [-0.1, -0.05) is 12.1 Å². The number of hydrogen-bond donors (Lipinski definition) is 1. The average Bonchev–Trinajstić information content (AvgIpc) is 2.46. The fraction of sp³-hybridized carbons (Fsp3) is 0.143. The van der Waals surface area contributed by atoms with Crippen molar-refractivity contribution in [2.24, 2.45) is 0 Å². The maximum atomic E-state index is 10.9. The van der Waals surface area contributed by atoms with Crippen molar-refractivity contribution >= 4 is 17.4 Å². The van der Waals surface area contributed by atoms with E-state index in [0.717, 1.165) is 10.5 Å². The quantitative estimate of drug-likeness (QED) is 0.517. The van der Waals surface area contributed by atoms with Crippen molar-refractivity contribution in [3.05, 3.63) is 58.1 Å². The van der Waals surface area contributed by atoms with Crippen LogP contribution in [-0.4, -0.2) is 17.1 Å². The van der Waals surface area contributed by atoms with E-state index >= 15 is 0 Å². The zero-order valence-corrected chi connectivity index (χ0v) is 11.6.